The molecule has 2 unspecified atom stereocenters. The molecular weight excluding hydrogens is 228 g/mol. The first-order valence-electron chi connectivity index (χ1n) is 6.11. The van der Waals surface area contributed by atoms with Gasteiger partial charge in [-0.25, -0.2) is 9.44 Å². The van der Waals surface area contributed by atoms with Crippen molar-refractivity contribution in [2.75, 3.05) is 0 Å². The van der Waals surface area contributed by atoms with Crippen LogP contribution in [0.2, 0.25) is 0 Å². The van der Waals surface area contributed by atoms with Crippen molar-refractivity contribution in [1.82, 2.24) is 9.44 Å². The summed E-state index contributed by atoms with van der Waals surface area (Å²) < 4.78 is 6.84. The van der Waals surface area contributed by atoms with Gasteiger partial charge in [0.2, 0.25) is 0 Å². The van der Waals surface area contributed by atoms with Gasteiger partial charge < -0.3 is 0 Å². The molecule has 0 heterocycles. The molecule has 0 aromatic heterocycles. The van der Waals surface area contributed by atoms with Crippen LogP contribution in [-0.4, -0.2) is 12.1 Å². The van der Waals surface area contributed by atoms with Gasteiger partial charge in [-0.05, 0) is 26.7 Å². The molecule has 0 aromatic rings. The van der Waals surface area contributed by atoms with Crippen LogP contribution in [-0.2, 0) is 0 Å². The number of hydrogen-bond donors (Lipinski definition) is 2. The van der Waals surface area contributed by atoms with E-state index in [2.05, 4.69) is 59.7 Å². The summed E-state index contributed by atoms with van der Waals surface area (Å²) in [6.45, 7) is 4.28. The van der Waals surface area contributed by atoms with E-state index in [0.29, 0.717) is 12.1 Å². The van der Waals surface area contributed by atoms with Crippen LogP contribution < -0.4 is 9.44 Å². The third kappa shape index (κ3) is 4.19. The molecule has 2 aliphatic rings. The molecule has 0 spiro atoms. The van der Waals surface area contributed by atoms with Crippen LogP contribution in [0.1, 0.15) is 26.7 Å². The average molecular weight is 248 g/mol. The van der Waals surface area contributed by atoms with E-state index in [1.54, 1.807) is 12.1 Å². The Morgan fingerprint density at radius 3 is 1.76 bits per heavy atom. The second-order valence-corrected chi connectivity index (χ2v) is 5.31. The monoisotopic (exact) mass is 248 g/mol. The zero-order chi connectivity index (χ0) is 12.1. The topological polar surface area (TPSA) is 24.1 Å². The SMILES string of the molecule is CC1=CCC(NSNC2C=CC(C)=CC2)C=C1. The normalized spacial score (nSPS) is 27.9. The largest absolute Gasteiger partial charge is 0.244 e. The maximum Gasteiger partial charge on any atom is 0.0401 e. The fraction of sp³-hybridized carbons (Fsp3) is 0.429. The Morgan fingerprint density at radius 1 is 0.941 bits per heavy atom. The standard InChI is InChI=1S/C14H20N2S/c1-11-3-7-13(8-4-11)15-17-16-14-9-5-12(2)6-10-14/h3-7,9,13-16H,8,10H2,1-2H3. The molecule has 2 rings (SSSR count). The van der Waals surface area contributed by atoms with E-state index < -0.39 is 0 Å². The van der Waals surface area contributed by atoms with E-state index in [4.69, 9.17) is 0 Å². The summed E-state index contributed by atoms with van der Waals surface area (Å²) in [6.07, 6.45) is 15.5. The number of hydrogen-bond acceptors (Lipinski definition) is 3. The average Bonchev–Trinajstić information content (AvgIpc) is 2.34. The first-order valence-corrected chi connectivity index (χ1v) is 6.92. The third-order valence-corrected chi connectivity index (χ3v) is 3.83. The quantitative estimate of drug-likeness (QED) is 0.747. The van der Waals surface area contributed by atoms with Gasteiger partial charge >= 0.3 is 0 Å². The molecule has 92 valence electrons. The van der Waals surface area contributed by atoms with Crippen molar-refractivity contribution < 1.29 is 0 Å². The third-order valence-electron chi connectivity index (χ3n) is 2.99. The fourth-order valence-corrected chi connectivity index (χ4v) is 2.54. The smallest absolute Gasteiger partial charge is 0.0401 e. The van der Waals surface area contributed by atoms with Crippen molar-refractivity contribution in [2.45, 2.75) is 38.8 Å². The molecule has 0 aliphatic heterocycles. The lowest BCUT2D eigenvalue weighted by molar-refractivity contribution is 0.729. The Morgan fingerprint density at radius 2 is 1.41 bits per heavy atom. The van der Waals surface area contributed by atoms with Gasteiger partial charge in [-0.3, -0.25) is 0 Å². The van der Waals surface area contributed by atoms with E-state index in [1.807, 2.05) is 0 Å². The Labute approximate surface area is 108 Å². The minimum Gasteiger partial charge on any atom is -0.244 e. The highest BCUT2D eigenvalue weighted by Gasteiger charge is 2.09. The molecule has 3 heteroatoms. The van der Waals surface area contributed by atoms with Crippen molar-refractivity contribution >= 4 is 12.1 Å². The van der Waals surface area contributed by atoms with Gasteiger partial charge in [0.1, 0.15) is 0 Å². The van der Waals surface area contributed by atoms with Crippen molar-refractivity contribution in [3.8, 4) is 0 Å². The molecule has 2 N–H and O–H groups in total. The summed E-state index contributed by atoms with van der Waals surface area (Å²) in [5.41, 5.74) is 2.72. The highest BCUT2D eigenvalue weighted by molar-refractivity contribution is 7.95. The predicted octanol–water partition coefficient (Wildman–Crippen LogP) is 3.28. The summed E-state index contributed by atoms with van der Waals surface area (Å²) >= 11 is 1.61. The van der Waals surface area contributed by atoms with E-state index in [0.717, 1.165) is 12.8 Å². The Bertz CT molecular complexity index is 344. The van der Waals surface area contributed by atoms with E-state index >= 15 is 0 Å². The van der Waals surface area contributed by atoms with Crippen LogP contribution >= 0.6 is 12.1 Å². The van der Waals surface area contributed by atoms with Crippen LogP contribution in [0.4, 0.5) is 0 Å². The molecule has 0 radical (unpaired) electrons. The molecule has 0 saturated heterocycles. The van der Waals surface area contributed by atoms with Crippen LogP contribution in [0.25, 0.3) is 0 Å². The zero-order valence-corrected chi connectivity index (χ0v) is 11.3. The number of nitrogens with one attached hydrogen (secondary N) is 2. The molecule has 0 amide bonds. The molecule has 0 saturated carbocycles. The molecule has 0 fully saturated rings. The molecular formula is C14H20N2S. The van der Waals surface area contributed by atoms with E-state index in [1.165, 1.54) is 11.1 Å². The van der Waals surface area contributed by atoms with Crippen molar-refractivity contribution in [3.05, 3.63) is 47.6 Å². The number of allylic oxidation sites excluding steroid dienone is 4. The van der Waals surface area contributed by atoms with Crippen LogP contribution in [0, 0.1) is 0 Å². The zero-order valence-electron chi connectivity index (χ0n) is 10.4. The predicted molar refractivity (Wildman–Crippen MR) is 76.5 cm³/mol. The summed E-state index contributed by atoms with van der Waals surface area (Å²) in [4.78, 5) is 0. The van der Waals surface area contributed by atoms with Crippen molar-refractivity contribution in [2.24, 2.45) is 0 Å². The lowest BCUT2D eigenvalue weighted by Crippen LogP contribution is -2.30. The van der Waals surface area contributed by atoms with Gasteiger partial charge in [-0.1, -0.05) is 47.6 Å². The highest BCUT2D eigenvalue weighted by atomic mass is 32.2. The lowest BCUT2D eigenvalue weighted by Gasteiger charge is -2.19. The van der Waals surface area contributed by atoms with Crippen LogP contribution in [0.15, 0.2) is 47.6 Å². The molecule has 0 bridgehead atoms. The minimum absolute atomic E-state index is 0.445. The van der Waals surface area contributed by atoms with Gasteiger partial charge in [0.05, 0.1) is 0 Å². The van der Waals surface area contributed by atoms with Crippen LogP contribution in [0.3, 0.4) is 0 Å². The maximum atomic E-state index is 3.42. The van der Waals surface area contributed by atoms with E-state index in [-0.39, 0.29) is 0 Å². The highest BCUT2D eigenvalue weighted by Crippen LogP contribution is 2.14. The van der Waals surface area contributed by atoms with E-state index in [9.17, 15) is 0 Å². The summed E-state index contributed by atoms with van der Waals surface area (Å²) in [7, 11) is 0. The summed E-state index contributed by atoms with van der Waals surface area (Å²) in [6, 6.07) is 0.891. The molecule has 2 atom stereocenters. The summed E-state index contributed by atoms with van der Waals surface area (Å²) in [5, 5.41) is 0. The Hall–Kier alpha value is -0.770. The maximum absolute atomic E-state index is 3.42. The Balaban J connectivity index is 1.64. The van der Waals surface area contributed by atoms with Gasteiger partial charge in [0.25, 0.3) is 0 Å². The Kier molecular flexibility index (Phi) is 4.66. The van der Waals surface area contributed by atoms with Gasteiger partial charge in [0, 0.05) is 24.2 Å². The first kappa shape index (κ1) is 12.7. The lowest BCUT2D eigenvalue weighted by atomic mass is 10.1. The van der Waals surface area contributed by atoms with Crippen molar-refractivity contribution in [1.29, 1.82) is 0 Å². The number of rotatable bonds is 4. The van der Waals surface area contributed by atoms with Crippen molar-refractivity contribution in [3.63, 3.8) is 0 Å². The molecule has 2 aliphatic carbocycles. The minimum atomic E-state index is 0.445. The fourth-order valence-electron chi connectivity index (χ4n) is 1.81. The van der Waals surface area contributed by atoms with Gasteiger partial charge in [0.15, 0.2) is 0 Å². The van der Waals surface area contributed by atoms with Crippen LogP contribution in [0.5, 0.6) is 0 Å². The van der Waals surface area contributed by atoms with Gasteiger partial charge in [-0.15, -0.1) is 0 Å². The molecule has 17 heavy (non-hydrogen) atoms. The summed E-state index contributed by atoms with van der Waals surface area (Å²) in [5.74, 6) is 0. The second kappa shape index (κ2) is 6.24. The molecule has 0 aromatic carbocycles. The second-order valence-electron chi connectivity index (χ2n) is 4.64. The van der Waals surface area contributed by atoms with Gasteiger partial charge in [-0.2, -0.15) is 0 Å². The molecule has 2 nitrogen and oxygen atoms in total. The first-order chi connectivity index (χ1) is 8.24.